The van der Waals surface area contributed by atoms with Gasteiger partial charge in [-0.05, 0) is 18.6 Å². The van der Waals surface area contributed by atoms with Gasteiger partial charge in [-0.3, -0.25) is 14.9 Å². The van der Waals surface area contributed by atoms with Crippen molar-refractivity contribution in [3.63, 3.8) is 0 Å². The number of hydrogen-bond acceptors (Lipinski definition) is 5. The number of aryl methyl sites for hydroxylation is 1. The van der Waals surface area contributed by atoms with Crippen LogP contribution < -0.4 is 26.9 Å². The largest absolute Gasteiger partial charge is 1.00 e. The van der Waals surface area contributed by atoms with E-state index >= 15 is 0 Å². The monoisotopic (exact) mass is 477 g/mol. The summed E-state index contributed by atoms with van der Waals surface area (Å²) in [6, 6.07) is 13.1. The number of aromatic nitrogens is 2. The lowest BCUT2D eigenvalue weighted by Gasteiger charge is -2.08. The lowest BCUT2D eigenvalue weighted by atomic mass is 10.2. The molecule has 0 saturated heterocycles. The summed E-state index contributed by atoms with van der Waals surface area (Å²) in [5.74, 6) is -0.249. The number of unbranched alkanes of at least 4 members (excludes halogenated alkanes) is 1. The van der Waals surface area contributed by atoms with Gasteiger partial charge in [0.05, 0.1) is 5.56 Å². The van der Waals surface area contributed by atoms with Crippen molar-refractivity contribution in [2.75, 3.05) is 5.32 Å². The molecule has 0 bridgehead atoms. The lowest BCUT2D eigenvalue weighted by molar-refractivity contribution is -0.697. The van der Waals surface area contributed by atoms with E-state index in [1.807, 2.05) is 36.7 Å². The van der Waals surface area contributed by atoms with Gasteiger partial charge in [0.2, 0.25) is 0 Å². The second-order valence-electron chi connectivity index (χ2n) is 5.83. The third-order valence-corrected chi connectivity index (χ3v) is 5.53. The maximum Gasteiger partial charge on any atom is 0.258 e. The molecule has 8 heteroatoms. The number of halogens is 1. The fourth-order valence-corrected chi connectivity index (χ4v) is 3.95. The van der Waals surface area contributed by atoms with Crippen LogP contribution in [-0.4, -0.2) is 16.0 Å². The molecule has 1 amide bonds. The van der Waals surface area contributed by atoms with Crippen LogP contribution in [0.1, 0.15) is 29.6 Å². The summed E-state index contributed by atoms with van der Waals surface area (Å²) in [6.07, 6.45) is 7.93. The van der Waals surface area contributed by atoms with Crippen molar-refractivity contribution in [1.82, 2.24) is 4.98 Å². The zero-order valence-electron chi connectivity index (χ0n) is 15.1. The third kappa shape index (κ3) is 6.85. The van der Waals surface area contributed by atoms with E-state index in [-0.39, 0.29) is 28.0 Å². The first-order valence-corrected chi connectivity index (χ1v) is 10.4. The van der Waals surface area contributed by atoms with Crippen LogP contribution in [0, 0.1) is 0 Å². The molecular formula is C20H20BrN3O2S2. The van der Waals surface area contributed by atoms with Gasteiger partial charge in [0, 0.05) is 41.4 Å². The normalized spacial score (nSPS) is 10.1. The zero-order valence-corrected chi connectivity index (χ0v) is 18.3. The number of hydrogen-bond donors (Lipinski definition) is 1. The number of amides is 1. The standard InChI is InChI=1S/C20H19N3O2S2.BrH/c24-18(10-4-7-14-23-12-5-1-6-13-23)27-17-9-3-2-8-16(17)19(25)22-20-21-11-15-26-20;/h1-3,5-6,8-9,11-13,15H,4,7,10,14H2;1H. The molecule has 0 aliphatic heterocycles. The van der Waals surface area contributed by atoms with Crippen molar-refractivity contribution in [3.05, 3.63) is 72.0 Å². The number of benzene rings is 1. The molecule has 2 aromatic heterocycles. The van der Waals surface area contributed by atoms with Crippen LogP contribution >= 0.6 is 23.1 Å². The molecule has 0 unspecified atom stereocenters. The predicted octanol–water partition coefficient (Wildman–Crippen LogP) is 1.18. The molecule has 0 aliphatic rings. The minimum Gasteiger partial charge on any atom is -1.00 e. The molecule has 0 spiro atoms. The van der Waals surface area contributed by atoms with E-state index in [0.29, 0.717) is 22.0 Å². The topological polar surface area (TPSA) is 62.9 Å². The number of nitrogens with zero attached hydrogens (tertiary/aromatic N) is 2. The molecule has 146 valence electrons. The summed E-state index contributed by atoms with van der Waals surface area (Å²) in [7, 11) is 0. The first-order valence-electron chi connectivity index (χ1n) is 8.67. The molecule has 3 aromatic rings. The molecule has 0 fully saturated rings. The number of carbonyl (C=O) groups is 2. The van der Waals surface area contributed by atoms with Gasteiger partial charge in [-0.25, -0.2) is 9.55 Å². The van der Waals surface area contributed by atoms with Gasteiger partial charge in [0.15, 0.2) is 22.6 Å². The Hall–Kier alpha value is -2.03. The van der Waals surface area contributed by atoms with Crippen molar-refractivity contribution in [2.45, 2.75) is 30.7 Å². The second-order valence-corrected chi connectivity index (χ2v) is 7.83. The number of rotatable bonds is 8. The number of thiazole rings is 1. The summed E-state index contributed by atoms with van der Waals surface area (Å²) in [6.45, 7) is 0.894. The van der Waals surface area contributed by atoms with Crippen molar-refractivity contribution in [2.24, 2.45) is 0 Å². The van der Waals surface area contributed by atoms with E-state index in [1.165, 1.54) is 11.3 Å². The molecule has 28 heavy (non-hydrogen) atoms. The van der Waals surface area contributed by atoms with Crippen molar-refractivity contribution in [1.29, 1.82) is 0 Å². The molecule has 2 heterocycles. The highest BCUT2D eigenvalue weighted by molar-refractivity contribution is 8.13. The molecule has 0 radical (unpaired) electrons. The van der Waals surface area contributed by atoms with Gasteiger partial charge in [-0.15, -0.1) is 11.3 Å². The number of anilines is 1. The smallest absolute Gasteiger partial charge is 0.258 e. The van der Waals surface area contributed by atoms with Gasteiger partial charge in [-0.1, -0.05) is 30.0 Å². The predicted molar refractivity (Wildman–Crippen MR) is 108 cm³/mol. The minimum absolute atomic E-state index is 0. The Labute approximate surface area is 183 Å². The van der Waals surface area contributed by atoms with Crippen LogP contribution in [0.2, 0.25) is 0 Å². The summed E-state index contributed by atoms with van der Waals surface area (Å²) in [4.78, 5) is 29.5. The van der Waals surface area contributed by atoms with Gasteiger partial charge in [0.25, 0.3) is 5.91 Å². The molecular weight excluding hydrogens is 458 g/mol. The number of nitrogens with one attached hydrogen (secondary N) is 1. The Kier molecular flexibility index (Phi) is 9.33. The van der Waals surface area contributed by atoms with Crippen molar-refractivity contribution < 1.29 is 31.1 Å². The molecule has 5 nitrogen and oxygen atoms in total. The summed E-state index contributed by atoms with van der Waals surface area (Å²) < 4.78 is 2.11. The van der Waals surface area contributed by atoms with Crippen LogP contribution in [-0.2, 0) is 11.3 Å². The van der Waals surface area contributed by atoms with Crippen LogP contribution in [0.3, 0.4) is 0 Å². The van der Waals surface area contributed by atoms with Gasteiger partial charge in [-0.2, -0.15) is 0 Å². The van der Waals surface area contributed by atoms with Crippen LogP contribution in [0.4, 0.5) is 5.13 Å². The number of thioether (sulfide) groups is 1. The van der Waals surface area contributed by atoms with Crippen LogP contribution in [0.5, 0.6) is 0 Å². The van der Waals surface area contributed by atoms with E-state index in [1.54, 1.807) is 29.8 Å². The zero-order chi connectivity index (χ0) is 18.9. The maximum absolute atomic E-state index is 12.5. The van der Waals surface area contributed by atoms with E-state index < -0.39 is 0 Å². The number of carbonyl (C=O) groups excluding carboxylic acids is 2. The molecule has 0 saturated carbocycles. The molecule has 1 aromatic carbocycles. The van der Waals surface area contributed by atoms with E-state index in [9.17, 15) is 9.59 Å². The van der Waals surface area contributed by atoms with Crippen LogP contribution in [0.15, 0.2) is 71.3 Å². The molecule has 0 aliphatic carbocycles. The van der Waals surface area contributed by atoms with Crippen molar-refractivity contribution >= 4 is 39.3 Å². The highest BCUT2D eigenvalue weighted by Gasteiger charge is 2.15. The molecule has 3 rings (SSSR count). The third-order valence-electron chi connectivity index (χ3n) is 3.83. The van der Waals surface area contributed by atoms with E-state index in [2.05, 4.69) is 14.9 Å². The highest BCUT2D eigenvalue weighted by atomic mass is 79.9. The first kappa shape index (κ1) is 22.3. The first-order chi connectivity index (χ1) is 13.2. The Morgan fingerprint density at radius 1 is 1.07 bits per heavy atom. The van der Waals surface area contributed by atoms with Gasteiger partial charge >= 0.3 is 0 Å². The van der Waals surface area contributed by atoms with Gasteiger partial charge in [0.1, 0.15) is 6.54 Å². The Morgan fingerprint density at radius 2 is 1.86 bits per heavy atom. The Bertz CT molecular complexity index is 889. The SMILES string of the molecule is O=C(CCCC[n+]1ccccc1)Sc1ccccc1C(=O)Nc1nccs1.[Br-]. The molecule has 0 atom stereocenters. The fourth-order valence-electron chi connectivity index (χ4n) is 2.51. The summed E-state index contributed by atoms with van der Waals surface area (Å²) >= 11 is 2.49. The molecule has 1 N–H and O–H groups in total. The second kappa shape index (κ2) is 11.7. The van der Waals surface area contributed by atoms with Crippen molar-refractivity contribution in [3.8, 4) is 0 Å². The Balaban J connectivity index is 0.00000280. The summed E-state index contributed by atoms with van der Waals surface area (Å²) in [5.41, 5.74) is 0.492. The number of pyridine rings is 1. The average Bonchev–Trinajstić information content (AvgIpc) is 3.19. The quantitative estimate of drug-likeness (QED) is 0.300. The summed E-state index contributed by atoms with van der Waals surface area (Å²) in [5, 5.41) is 5.18. The highest BCUT2D eigenvalue weighted by Crippen LogP contribution is 2.26. The van der Waals surface area contributed by atoms with E-state index in [0.717, 1.165) is 31.1 Å². The average molecular weight is 478 g/mol. The van der Waals surface area contributed by atoms with Gasteiger partial charge < -0.3 is 17.0 Å². The lowest BCUT2D eigenvalue weighted by Crippen LogP contribution is -3.00. The van der Waals surface area contributed by atoms with Crippen LogP contribution in [0.25, 0.3) is 0 Å². The fraction of sp³-hybridized carbons (Fsp3) is 0.200. The van der Waals surface area contributed by atoms with E-state index in [4.69, 9.17) is 0 Å². The minimum atomic E-state index is -0.249. The Morgan fingerprint density at radius 3 is 2.61 bits per heavy atom. The maximum atomic E-state index is 12.5.